The monoisotopic (exact) mass is 264 g/mol. The van der Waals surface area contributed by atoms with Crippen molar-refractivity contribution in [1.82, 2.24) is 0 Å². The Bertz CT molecular complexity index is 409. The van der Waals surface area contributed by atoms with Crippen LogP contribution in [0.2, 0.25) is 0 Å². The molecule has 4 heteroatoms. The summed E-state index contributed by atoms with van der Waals surface area (Å²) in [5.74, 6) is 0.720. The largest absolute Gasteiger partial charge is 0.491 e. The summed E-state index contributed by atoms with van der Waals surface area (Å²) in [6.07, 6.45) is 4.88. The molecule has 19 heavy (non-hydrogen) atoms. The predicted octanol–water partition coefficient (Wildman–Crippen LogP) is 2.77. The Morgan fingerprint density at radius 2 is 2.16 bits per heavy atom. The maximum atomic E-state index is 9.98. The summed E-state index contributed by atoms with van der Waals surface area (Å²) in [6.45, 7) is 2.73. The van der Waals surface area contributed by atoms with Crippen molar-refractivity contribution in [3.05, 3.63) is 18.2 Å². The van der Waals surface area contributed by atoms with E-state index in [1.54, 1.807) is 0 Å². The van der Waals surface area contributed by atoms with Crippen molar-refractivity contribution in [2.45, 2.75) is 51.2 Å². The predicted molar refractivity (Wildman–Crippen MR) is 78.5 cm³/mol. The standard InChI is InChI=1S/C15H24N2O2/c1-2-9-19-15-10-11(7-8-12(15)16)17-13-5-3-4-6-14(13)18/h7-8,10,13-14,17-18H,2-6,9,16H2,1H3. The Morgan fingerprint density at radius 1 is 1.37 bits per heavy atom. The van der Waals surface area contributed by atoms with E-state index < -0.39 is 0 Å². The first-order valence-electron chi connectivity index (χ1n) is 7.17. The molecule has 106 valence electrons. The molecule has 1 saturated carbocycles. The zero-order valence-corrected chi connectivity index (χ0v) is 11.6. The third-order valence-electron chi connectivity index (χ3n) is 3.56. The van der Waals surface area contributed by atoms with Crippen molar-refractivity contribution < 1.29 is 9.84 Å². The highest BCUT2D eigenvalue weighted by Gasteiger charge is 2.22. The molecule has 0 heterocycles. The van der Waals surface area contributed by atoms with Gasteiger partial charge in [-0.25, -0.2) is 0 Å². The second-order valence-electron chi connectivity index (χ2n) is 5.20. The molecular formula is C15H24N2O2. The van der Waals surface area contributed by atoms with Crippen molar-refractivity contribution >= 4 is 11.4 Å². The minimum atomic E-state index is -0.258. The number of anilines is 2. The number of hydrogen-bond acceptors (Lipinski definition) is 4. The van der Waals surface area contributed by atoms with Crippen LogP contribution in [-0.2, 0) is 0 Å². The fourth-order valence-electron chi connectivity index (χ4n) is 2.45. The molecule has 1 aliphatic rings. The van der Waals surface area contributed by atoms with Crippen molar-refractivity contribution in [2.24, 2.45) is 0 Å². The smallest absolute Gasteiger partial charge is 0.144 e. The van der Waals surface area contributed by atoms with Crippen molar-refractivity contribution in [1.29, 1.82) is 0 Å². The third kappa shape index (κ3) is 3.77. The molecule has 0 bridgehead atoms. The van der Waals surface area contributed by atoms with Gasteiger partial charge in [0.05, 0.1) is 24.4 Å². The van der Waals surface area contributed by atoms with E-state index in [0.29, 0.717) is 12.3 Å². The molecule has 1 aromatic rings. The maximum Gasteiger partial charge on any atom is 0.144 e. The number of nitrogens with one attached hydrogen (secondary N) is 1. The van der Waals surface area contributed by atoms with Gasteiger partial charge in [-0.2, -0.15) is 0 Å². The summed E-state index contributed by atoms with van der Waals surface area (Å²) < 4.78 is 5.62. The van der Waals surface area contributed by atoms with Crippen LogP contribution in [0.1, 0.15) is 39.0 Å². The van der Waals surface area contributed by atoms with Crippen LogP contribution in [0.5, 0.6) is 5.75 Å². The number of aliphatic hydroxyl groups is 1. The van der Waals surface area contributed by atoms with Crippen LogP contribution in [0.15, 0.2) is 18.2 Å². The lowest BCUT2D eigenvalue weighted by Crippen LogP contribution is -2.36. The zero-order chi connectivity index (χ0) is 13.7. The first kappa shape index (κ1) is 14.0. The van der Waals surface area contributed by atoms with Gasteiger partial charge in [0.15, 0.2) is 0 Å². The van der Waals surface area contributed by atoms with Gasteiger partial charge in [0.1, 0.15) is 5.75 Å². The molecule has 0 aromatic heterocycles. The first-order chi connectivity index (χ1) is 9.20. The molecule has 0 radical (unpaired) electrons. The zero-order valence-electron chi connectivity index (χ0n) is 11.6. The van der Waals surface area contributed by atoms with E-state index in [2.05, 4.69) is 12.2 Å². The molecule has 1 aliphatic carbocycles. The molecule has 1 aromatic carbocycles. The number of hydrogen-bond donors (Lipinski definition) is 3. The molecule has 2 unspecified atom stereocenters. The van der Waals surface area contributed by atoms with Gasteiger partial charge in [-0.15, -0.1) is 0 Å². The van der Waals surface area contributed by atoms with Crippen LogP contribution in [0, 0.1) is 0 Å². The minimum Gasteiger partial charge on any atom is -0.491 e. The topological polar surface area (TPSA) is 67.5 Å². The lowest BCUT2D eigenvalue weighted by atomic mass is 9.92. The molecule has 0 amide bonds. The maximum absolute atomic E-state index is 9.98. The highest BCUT2D eigenvalue weighted by atomic mass is 16.5. The van der Waals surface area contributed by atoms with Crippen molar-refractivity contribution in [3.8, 4) is 5.75 Å². The Labute approximate surface area is 115 Å². The number of nitrogen functional groups attached to an aromatic ring is 1. The van der Waals surface area contributed by atoms with Crippen LogP contribution in [-0.4, -0.2) is 23.9 Å². The summed E-state index contributed by atoms with van der Waals surface area (Å²) >= 11 is 0. The Balaban J connectivity index is 2.03. The number of nitrogens with two attached hydrogens (primary N) is 1. The molecule has 1 fully saturated rings. The van der Waals surface area contributed by atoms with E-state index in [4.69, 9.17) is 10.5 Å². The lowest BCUT2D eigenvalue weighted by Gasteiger charge is -2.29. The molecule has 0 spiro atoms. The Morgan fingerprint density at radius 3 is 2.89 bits per heavy atom. The molecular weight excluding hydrogens is 240 g/mol. The third-order valence-corrected chi connectivity index (χ3v) is 3.56. The van der Waals surface area contributed by atoms with Gasteiger partial charge in [-0.05, 0) is 31.4 Å². The van der Waals surface area contributed by atoms with Crippen molar-refractivity contribution in [2.75, 3.05) is 17.7 Å². The van der Waals surface area contributed by atoms with E-state index in [0.717, 1.165) is 37.1 Å². The lowest BCUT2D eigenvalue weighted by molar-refractivity contribution is 0.116. The number of aliphatic hydroxyl groups excluding tert-OH is 1. The second-order valence-corrected chi connectivity index (χ2v) is 5.20. The van der Waals surface area contributed by atoms with Gasteiger partial charge in [0.25, 0.3) is 0 Å². The number of ether oxygens (including phenoxy) is 1. The highest BCUT2D eigenvalue weighted by molar-refractivity contribution is 5.61. The van der Waals surface area contributed by atoms with E-state index in [1.807, 2.05) is 18.2 Å². The number of benzene rings is 1. The SMILES string of the molecule is CCCOc1cc(NC2CCCCC2O)ccc1N. The highest BCUT2D eigenvalue weighted by Crippen LogP contribution is 2.28. The fraction of sp³-hybridized carbons (Fsp3) is 0.600. The normalized spacial score (nSPS) is 23.1. The van der Waals surface area contributed by atoms with Crippen molar-refractivity contribution in [3.63, 3.8) is 0 Å². The Hall–Kier alpha value is -1.42. The van der Waals surface area contributed by atoms with Crippen LogP contribution in [0.25, 0.3) is 0 Å². The summed E-state index contributed by atoms with van der Waals surface area (Å²) in [5.41, 5.74) is 7.51. The van der Waals surface area contributed by atoms with Gasteiger partial charge in [-0.1, -0.05) is 19.8 Å². The van der Waals surface area contributed by atoms with Crippen LogP contribution in [0.3, 0.4) is 0 Å². The van der Waals surface area contributed by atoms with Crippen LogP contribution in [0.4, 0.5) is 11.4 Å². The average Bonchev–Trinajstić information content (AvgIpc) is 2.42. The molecule has 0 aliphatic heterocycles. The fourth-order valence-corrected chi connectivity index (χ4v) is 2.45. The summed E-state index contributed by atoms with van der Waals surface area (Å²) in [4.78, 5) is 0. The van der Waals surface area contributed by atoms with E-state index in [9.17, 15) is 5.11 Å². The Kier molecular flexibility index (Phi) is 4.91. The molecule has 2 atom stereocenters. The van der Waals surface area contributed by atoms with Gasteiger partial charge in [0, 0.05) is 11.8 Å². The summed E-state index contributed by atoms with van der Waals surface area (Å²) in [6, 6.07) is 5.85. The summed E-state index contributed by atoms with van der Waals surface area (Å²) in [7, 11) is 0. The first-order valence-corrected chi connectivity index (χ1v) is 7.17. The quantitative estimate of drug-likeness (QED) is 0.715. The summed E-state index contributed by atoms with van der Waals surface area (Å²) in [5, 5.41) is 13.4. The van der Waals surface area contributed by atoms with Gasteiger partial charge < -0.3 is 20.9 Å². The molecule has 2 rings (SSSR count). The number of rotatable bonds is 5. The van der Waals surface area contributed by atoms with E-state index in [1.165, 1.54) is 6.42 Å². The average molecular weight is 264 g/mol. The molecule has 4 nitrogen and oxygen atoms in total. The van der Waals surface area contributed by atoms with Gasteiger partial charge in [0.2, 0.25) is 0 Å². The minimum absolute atomic E-state index is 0.136. The second kappa shape index (κ2) is 6.66. The van der Waals surface area contributed by atoms with E-state index in [-0.39, 0.29) is 12.1 Å². The molecule has 4 N–H and O–H groups in total. The van der Waals surface area contributed by atoms with Gasteiger partial charge >= 0.3 is 0 Å². The van der Waals surface area contributed by atoms with E-state index >= 15 is 0 Å². The van der Waals surface area contributed by atoms with Crippen LogP contribution < -0.4 is 15.8 Å². The van der Waals surface area contributed by atoms with Gasteiger partial charge in [-0.3, -0.25) is 0 Å². The van der Waals surface area contributed by atoms with Crippen LogP contribution >= 0.6 is 0 Å². The molecule has 0 saturated heterocycles.